The van der Waals surface area contributed by atoms with E-state index < -0.39 is 0 Å². The number of hydrogen-bond donors (Lipinski definition) is 0. The predicted octanol–water partition coefficient (Wildman–Crippen LogP) is 8.67. The van der Waals surface area contributed by atoms with E-state index >= 15 is 0 Å². The maximum atomic E-state index is 6.43. The molecule has 0 bridgehead atoms. The summed E-state index contributed by atoms with van der Waals surface area (Å²) >= 11 is 0. The molecular formula is C31H32N2O. The number of benzene rings is 2. The molecule has 0 spiro atoms. The Hall–Kier alpha value is -3.20. The average molecular weight is 449 g/mol. The number of pyridine rings is 2. The lowest BCUT2D eigenvalue weighted by Gasteiger charge is -2.17. The molecule has 0 unspecified atom stereocenters. The first-order valence-electron chi connectivity index (χ1n) is 12.7. The standard InChI is InChI=1S/C31H32N2O/c1-18(2)14-22-10-7-11-23-25(22)17-28(21-8-5-6-9-21)33-29(23)27-16-19(3)15-26-24-13-12-20(4)32-31(24)34-30(26)27/h7,10-13,15-18,21H,5-6,8-9,14H2,1-4H3. The van der Waals surface area contributed by atoms with E-state index in [0.717, 1.165) is 39.7 Å². The molecule has 2 aromatic carbocycles. The number of hydrogen-bond acceptors (Lipinski definition) is 3. The summed E-state index contributed by atoms with van der Waals surface area (Å²) < 4.78 is 6.43. The van der Waals surface area contributed by atoms with Crippen molar-refractivity contribution in [2.75, 3.05) is 0 Å². The zero-order valence-electron chi connectivity index (χ0n) is 20.6. The fourth-order valence-electron chi connectivity index (χ4n) is 5.78. The topological polar surface area (TPSA) is 38.9 Å². The zero-order valence-corrected chi connectivity index (χ0v) is 20.6. The molecule has 3 aromatic heterocycles. The summed E-state index contributed by atoms with van der Waals surface area (Å²) in [4.78, 5) is 10.1. The maximum absolute atomic E-state index is 6.43. The maximum Gasteiger partial charge on any atom is 0.227 e. The van der Waals surface area contributed by atoms with Crippen LogP contribution in [0.25, 0.3) is 44.1 Å². The second-order valence-electron chi connectivity index (χ2n) is 10.6. The van der Waals surface area contributed by atoms with Gasteiger partial charge in [0.05, 0.1) is 5.69 Å². The van der Waals surface area contributed by atoms with Crippen molar-refractivity contribution in [2.24, 2.45) is 5.92 Å². The third kappa shape index (κ3) is 3.58. The second-order valence-corrected chi connectivity index (χ2v) is 10.6. The second kappa shape index (κ2) is 8.23. The van der Waals surface area contributed by atoms with Crippen molar-refractivity contribution in [1.82, 2.24) is 9.97 Å². The molecular weight excluding hydrogens is 416 g/mol. The van der Waals surface area contributed by atoms with Crippen molar-refractivity contribution in [3.63, 3.8) is 0 Å². The van der Waals surface area contributed by atoms with E-state index in [1.54, 1.807) is 0 Å². The van der Waals surface area contributed by atoms with Crippen molar-refractivity contribution in [2.45, 2.75) is 65.7 Å². The van der Waals surface area contributed by atoms with Crippen molar-refractivity contribution < 1.29 is 4.42 Å². The number of fused-ring (bicyclic) bond motifs is 4. The van der Waals surface area contributed by atoms with Crippen LogP contribution >= 0.6 is 0 Å². The Labute approximate surface area is 201 Å². The molecule has 3 heterocycles. The Kier molecular flexibility index (Phi) is 5.17. The molecule has 1 saturated carbocycles. The minimum Gasteiger partial charge on any atom is -0.437 e. The van der Waals surface area contributed by atoms with Gasteiger partial charge in [0, 0.05) is 39.0 Å². The van der Waals surface area contributed by atoms with Gasteiger partial charge in [0.15, 0.2) is 0 Å². The van der Waals surface area contributed by atoms with Gasteiger partial charge in [0.25, 0.3) is 0 Å². The minimum absolute atomic E-state index is 0.551. The normalized spacial score (nSPS) is 14.9. The highest BCUT2D eigenvalue weighted by Crippen LogP contribution is 2.41. The van der Waals surface area contributed by atoms with Crippen LogP contribution in [-0.4, -0.2) is 9.97 Å². The summed E-state index contributed by atoms with van der Waals surface area (Å²) in [5, 5.41) is 4.76. The van der Waals surface area contributed by atoms with E-state index in [1.165, 1.54) is 53.3 Å². The first kappa shape index (κ1) is 21.3. The van der Waals surface area contributed by atoms with Crippen molar-refractivity contribution in [1.29, 1.82) is 0 Å². The van der Waals surface area contributed by atoms with Gasteiger partial charge >= 0.3 is 0 Å². The molecule has 1 aliphatic carbocycles. The van der Waals surface area contributed by atoms with Crippen LogP contribution < -0.4 is 0 Å². The molecule has 0 N–H and O–H groups in total. The van der Waals surface area contributed by atoms with Crippen LogP contribution in [0, 0.1) is 19.8 Å². The summed E-state index contributed by atoms with van der Waals surface area (Å²) in [5.74, 6) is 1.16. The highest BCUT2D eigenvalue weighted by molar-refractivity contribution is 6.11. The van der Waals surface area contributed by atoms with Crippen LogP contribution in [0.3, 0.4) is 0 Å². The monoisotopic (exact) mass is 448 g/mol. The molecule has 0 saturated heterocycles. The summed E-state index contributed by atoms with van der Waals surface area (Å²) in [6, 6.07) is 17.8. The lowest BCUT2D eigenvalue weighted by Crippen LogP contribution is -2.02. The lowest BCUT2D eigenvalue weighted by atomic mass is 9.91. The molecule has 6 rings (SSSR count). The van der Waals surface area contributed by atoms with Crippen LogP contribution in [0.15, 0.2) is 52.9 Å². The Morgan fingerprint density at radius 3 is 2.50 bits per heavy atom. The van der Waals surface area contributed by atoms with Gasteiger partial charge in [-0.1, -0.05) is 44.9 Å². The third-order valence-electron chi connectivity index (χ3n) is 7.36. The Balaban J connectivity index is 1.69. The van der Waals surface area contributed by atoms with E-state index in [0.29, 0.717) is 17.5 Å². The molecule has 1 aliphatic rings. The minimum atomic E-state index is 0.551. The van der Waals surface area contributed by atoms with Crippen LogP contribution in [0.5, 0.6) is 0 Å². The van der Waals surface area contributed by atoms with Gasteiger partial charge in [-0.15, -0.1) is 0 Å². The van der Waals surface area contributed by atoms with Gasteiger partial charge < -0.3 is 4.42 Å². The van der Waals surface area contributed by atoms with Gasteiger partial charge in [-0.3, -0.25) is 4.98 Å². The summed E-state index contributed by atoms with van der Waals surface area (Å²) in [6.45, 7) is 8.77. The van der Waals surface area contributed by atoms with Crippen molar-refractivity contribution in [3.05, 3.63) is 71.0 Å². The highest BCUT2D eigenvalue weighted by Gasteiger charge is 2.23. The summed E-state index contributed by atoms with van der Waals surface area (Å²) in [6.07, 6.45) is 6.15. The van der Waals surface area contributed by atoms with Gasteiger partial charge in [0.2, 0.25) is 5.71 Å². The van der Waals surface area contributed by atoms with Crippen molar-refractivity contribution in [3.8, 4) is 11.3 Å². The van der Waals surface area contributed by atoms with Gasteiger partial charge in [0.1, 0.15) is 5.58 Å². The lowest BCUT2D eigenvalue weighted by molar-refractivity contribution is 0.649. The largest absolute Gasteiger partial charge is 0.437 e. The van der Waals surface area contributed by atoms with E-state index in [9.17, 15) is 0 Å². The first-order chi connectivity index (χ1) is 16.5. The van der Waals surface area contributed by atoms with Gasteiger partial charge in [-0.25, -0.2) is 4.98 Å². The predicted molar refractivity (Wildman–Crippen MR) is 141 cm³/mol. The van der Waals surface area contributed by atoms with Crippen LogP contribution in [0.2, 0.25) is 0 Å². The van der Waals surface area contributed by atoms with E-state index in [-0.39, 0.29) is 0 Å². The average Bonchev–Trinajstić information content (AvgIpc) is 3.46. The SMILES string of the molecule is Cc1cc(-c2nc(C3CCCC3)cc3c(CC(C)C)cccc23)c2oc3nc(C)ccc3c2c1. The Bertz CT molecular complexity index is 1540. The van der Waals surface area contributed by atoms with E-state index in [4.69, 9.17) is 9.40 Å². The van der Waals surface area contributed by atoms with E-state index in [1.807, 2.05) is 6.92 Å². The first-order valence-corrected chi connectivity index (χ1v) is 12.7. The third-order valence-corrected chi connectivity index (χ3v) is 7.36. The van der Waals surface area contributed by atoms with E-state index in [2.05, 4.69) is 74.3 Å². The molecule has 3 heteroatoms. The van der Waals surface area contributed by atoms with Gasteiger partial charge in [-0.05, 0) is 85.9 Å². The Morgan fingerprint density at radius 1 is 0.882 bits per heavy atom. The fraction of sp³-hybridized carbons (Fsp3) is 0.355. The Morgan fingerprint density at radius 2 is 1.71 bits per heavy atom. The summed E-state index contributed by atoms with van der Waals surface area (Å²) in [7, 11) is 0. The fourth-order valence-corrected chi connectivity index (χ4v) is 5.78. The molecule has 1 fully saturated rings. The molecule has 34 heavy (non-hydrogen) atoms. The molecule has 3 nitrogen and oxygen atoms in total. The number of aryl methyl sites for hydroxylation is 2. The smallest absolute Gasteiger partial charge is 0.227 e. The highest BCUT2D eigenvalue weighted by atomic mass is 16.3. The molecule has 0 amide bonds. The number of nitrogens with zero attached hydrogens (tertiary/aromatic N) is 2. The van der Waals surface area contributed by atoms with Crippen LogP contribution in [-0.2, 0) is 6.42 Å². The molecule has 0 aliphatic heterocycles. The van der Waals surface area contributed by atoms with Gasteiger partial charge in [-0.2, -0.15) is 0 Å². The van der Waals surface area contributed by atoms with Crippen molar-refractivity contribution >= 4 is 32.8 Å². The number of aromatic nitrogens is 2. The number of rotatable bonds is 4. The number of furan rings is 1. The summed E-state index contributed by atoms with van der Waals surface area (Å²) in [5.41, 5.74) is 8.58. The molecule has 0 atom stereocenters. The molecule has 0 radical (unpaired) electrons. The van der Waals surface area contributed by atoms with Crippen LogP contribution in [0.1, 0.15) is 68.0 Å². The molecule has 5 aromatic rings. The quantitative estimate of drug-likeness (QED) is 0.276. The van der Waals surface area contributed by atoms with Crippen LogP contribution in [0.4, 0.5) is 0 Å². The zero-order chi connectivity index (χ0) is 23.4. The molecule has 172 valence electrons.